The highest BCUT2D eigenvalue weighted by molar-refractivity contribution is 5.13. The van der Waals surface area contributed by atoms with Crippen LogP contribution in [0.1, 0.15) is 24.8 Å². The first kappa shape index (κ1) is 21.2. The number of likely N-dealkylation sites (tertiary alicyclic amines) is 1. The number of aliphatic hydroxyl groups is 4. The van der Waals surface area contributed by atoms with Crippen molar-refractivity contribution in [3.63, 3.8) is 0 Å². The first-order chi connectivity index (χ1) is 12.5. The molecule has 26 heavy (non-hydrogen) atoms. The molecule has 148 valence electrons. The van der Waals surface area contributed by atoms with Crippen molar-refractivity contribution in [3.05, 3.63) is 35.9 Å². The predicted octanol–water partition coefficient (Wildman–Crippen LogP) is 0.471. The number of hydrogen-bond donors (Lipinski definition) is 4. The van der Waals surface area contributed by atoms with E-state index in [1.165, 1.54) is 0 Å². The third kappa shape index (κ3) is 6.90. The van der Waals surface area contributed by atoms with Gasteiger partial charge in [0.15, 0.2) is 0 Å². The van der Waals surface area contributed by atoms with Crippen LogP contribution in [0.3, 0.4) is 0 Å². The van der Waals surface area contributed by atoms with E-state index in [1.54, 1.807) is 4.90 Å². The quantitative estimate of drug-likeness (QED) is 0.472. The van der Waals surface area contributed by atoms with Gasteiger partial charge in [-0.05, 0) is 31.4 Å². The van der Waals surface area contributed by atoms with Gasteiger partial charge in [-0.2, -0.15) is 0 Å². The number of ether oxygens (including phenoxy) is 1. The van der Waals surface area contributed by atoms with E-state index in [0.29, 0.717) is 32.4 Å². The van der Waals surface area contributed by atoms with Gasteiger partial charge in [-0.1, -0.05) is 30.3 Å². The minimum atomic E-state index is -1.35. The summed E-state index contributed by atoms with van der Waals surface area (Å²) in [7, 11) is 0. The molecule has 1 aliphatic heterocycles. The van der Waals surface area contributed by atoms with Crippen LogP contribution in [-0.2, 0) is 11.3 Å². The van der Waals surface area contributed by atoms with Crippen molar-refractivity contribution < 1.29 is 29.6 Å². The topological polar surface area (TPSA) is 93.4 Å². The number of benzene rings is 1. The lowest BCUT2D eigenvalue weighted by molar-refractivity contribution is -0.0894. The molecule has 0 radical (unpaired) electrons. The molecular weight excluding hydrogens is 341 g/mol. The summed E-state index contributed by atoms with van der Waals surface area (Å²) in [5, 5.41) is 39.0. The van der Waals surface area contributed by atoms with Gasteiger partial charge in [0, 0.05) is 13.1 Å². The van der Waals surface area contributed by atoms with E-state index in [2.05, 4.69) is 0 Å². The van der Waals surface area contributed by atoms with Gasteiger partial charge in [-0.25, -0.2) is 4.39 Å². The highest BCUT2D eigenvalue weighted by Gasteiger charge is 2.35. The van der Waals surface area contributed by atoms with Crippen molar-refractivity contribution in [2.75, 3.05) is 26.2 Å². The smallest absolute Gasteiger partial charge is 0.123 e. The van der Waals surface area contributed by atoms with Gasteiger partial charge in [0.1, 0.15) is 18.4 Å². The van der Waals surface area contributed by atoms with Gasteiger partial charge in [0.05, 0.1) is 25.4 Å². The Hall–Kier alpha value is -1.09. The molecule has 1 aromatic rings. The maximum absolute atomic E-state index is 13.9. The molecule has 1 aromatic carbocycles. The summed E-state index contributed by atoms with van der Waals surface area (Å²) in [6.07, 6.45) is -4.21. The van der Waals surface area contributed by atoms with E-state index in [-0.39, 0.29) is 19.7 Å². The number of rotatable bonds is 9. The van der Waals surface area contributed by atoms with E-state index in [9.17, 15) is 24.8 Å². The zero-order valence-corrected chi connectivity index (χ0v) is 15.0. The van der Waals surface area contributed by atoms with Crippen molar-refractivity contribution in [1.29, 1.82) is 0 Å². The lowest BCUT2D eigenvalue weighted by Gasteiger charge is -2.23. The van der Waals surface area contributed by atoms with E-state index in [0.717, 1.165) is 5.56 Å². The van der Waals surface area contributed by atoms with Crippen molar-refractivity contribution in [3.8, 4) is 0 Å². The van der Waals surface area contributed by atoms with Gasteiger partial charge >= 0.3 is 0 Å². The fraction of sp³-hybridized carbons (Fsp3) is 0.684. The Kier molecular flexibility index (Phi) is 8.90. The van der Waals surface area contributed by atoms with Crippen LogP contribution in [0.25, 0.3) is 0 Å². The van der Waals surface area contributed by atoms with Crippen LogP contribution in [0.15, 0.2) is 30.3 Å². The van der Waals surface area contributed by atoms with Gasteiger partial charge in [-0.3, -0.25) is 4.90 Å². The molecular formula is C19H30FNO5. The Morgan fingerprint density at radius 1 is 1.00 bits per heavy atom. The summed E-state index contributed by atoms with van der Waals surface area (Å²) in [6.45, 7) is 1.37. The monoisotopic (exact) mass is 371 g/mol. The number of hydrogen-bond acceptors (Lipinski definition) is 6. The van der Waals surface area contributed by atoms with Crippen LogP contribution in [-0.4, -0.2) is 82.2 Å². The van der Waals surface area contributed by atoms with Crippen molar-refractivity contribution in [2.24, 2.45) is 0 Å². The molecule has 0 amide bonds. The first-order valence-corrected chi connectivity index (χ1v) is 9.17. The van der Waals surface area contributed by atoms with Crippen molar-refractivity contribution in [2.45, 2.75) is 56.5 Å². The molecule has 6 nitrogen and oxygen atoms in total. The largest absolute Gasteiger partial charge is 0.389 e. The molecule has 1 heterocycles. The van der Waals surface area contributed by atoms with Crippen molar-refractivity contribution >= 4 is 0 Å². The number of β-amino-alcohol motifs (C(OH)–C–C–N with tert-alkyl or cyclic N) is 2. The molecule has 0 spiro atoms. The number of halogens is 1. The minimum absolute atomic E-state index is 0.0639. The Balaban J connectivity index is 1.59. The van der Waals surface area contributed by atoms with Crippen LogP contribution in [0.5, 0.6) is 0 Å². The Morgan fingerprint density at radius 2 is 1.62 bits per heavy atom. The lowest BCUT2D eigenvalue weighted by atomic mass is 10.1. The van der Waals surface area contributed by atoms with Crippen LogP contribution < -0.4 is 0 Å². The van der Waals surface area contributed by atoms with E-state index in [1.807, 2.05) is 30.3 Å². The van der Waals surface area contributed by atoms with Crippen molar-refractivity contribution in [1.82, 2.24) is 4.90 Å². The molecule has 0 saturated carbocycles. The van der Waals surface area contributed by atoms with Gasteiger partial charge in [-0.15, -0.1) is 0 Å². The van der Waals surface area contributed by atoms with Crippen LogP contribution in [0.2, 0.25) is 0 Å². The average Bonchev–Trinajstić information content (AvgIpc) is 2.72. The highest BCUT2D eigenvalue weighted by atomic mass is 19.1. The highest BCUT2D eigenvalue weighted by Crippen LogP contribution is 2.15. The summed E-state index contributed by atoms with van der Waals surface area (Å²) < 4.78 is 19.3. The predicted molar refractivity (Wildman–Crippen MR) is 95.3 cm³/mol. The molecule has 5 atom stereocenters. The number of nitrogens with zero attached hydrogens (tertiary/aromatic N) is 1. The maximum atomic E-state index is 13.9. The summed E-state index contributed by atoms with van der Waals surface area (Å²) in [5.74, 6) is 0. The van der Waals surface area contributed by atoms with Crippen LogP contribution >= 0.6 is 0 Å². The SMILES string of the molecule is O[C@H]1[C@H](O)[C@@H](O)CN(CCCCC(F)COCc2ccccc2)C[C@@H]1O. The fourth-order valence-corrected chi connectivity index (χ4v) is 3.12. The average molecular weight is 371 g/mol. The maximum Gasteiger partial charge on any atom is 0.123 e. The molecule has 4 N–H and O–H groups in total. The third-order valence-electron chi connectivity index (χ3n) is 4.68. The number of unbranched alkanes of at least 4 members (excludes halogenated alkanes) is 1. The second kappa shape index (κ2) is 10.9. The zero-order valence-electron chi connectivity index (χ0n) is 15.0. The number of alkyl halides is 1. The first-order valence-electron chi connectivity index (χ1n) is 9.17. The van der Waals surface area contributed by atoms with E-state index in [4.69, 9.17) is 4.74 Å². The molecule has 2 rings (SSSR count). The van der Waals surface area contributed by atoms with Crippen LogP contribution in [0, 0.1) is 0 Å². The second-order valence-corrected chi connectivity index (χ2v) is 6.97. The molecule has 7 heteroatoms. The molecule has 1 fully saturated rings. The lowest BCUT2D eigenvalue weighted by Crippen LogP contribution is -2.43. The van der Waals surface area contributed by atoms with Gasteiger partial charge in [0.25, 0.3) is 0 Å². The molecule has 0 aliphatic carbocycles. The molecule has 1 unspecified atom stereocenters. The van der Waals surface area contributed by atoms with Crippen LogP contribution in [0.4, 0.5) is 4.39 Å². The normalized spacial score (nSPS) is 28.7. The molecule has 1 saturated heterocycles. The molecule has 0 bridgehead atoms. The zero-order chi connectivity index (χ0) is 18.9. The Labute approximate surface area is 153 Å². The molecule has 0 aromatic heterocycles. The summed E-state index contributed by atoms with van der Waals surface area (Å²) in [6, 6.07) is 9.63. The van der Waals surface area contributed by atoms with Gasteiger partial charge in [0.2, 0.25) is 0 Å². The Bertz CT molecular complexity index is 490. The summed E-state index contributed by atoms with van der Waals surface area (Å²) in [5.41, 5.74) is 1.02. The fourth-order valence-electron chi connectivity index (χ4n) is 3.12. The Morgan fingerprint density at radius 3 is 2.23 bits per heavy atom. The van der Waals surface area contributed by atoms with E-state index < -0.39 is 30.6 Å². The standard InChI is InChI=1S/C19H30FNO5/c20-15(13-26-12-14-6-2-1-3-7-14)8-4-5-9-21-10-16(22)18(24)19(25)17(23)11-21/h1-3,6-7,15-19,22-25H,4-5,8-13H2/t15?,16-,17-,18+,19+/m0/s1. The number of aliphatic hydroxyl groups excluding tert-OH is 4. The molecule has 1 aliphatic rings. The van der Waals surface area contributed by atoms with Gasteiger partial charge < -0.3 is 25.2 Å². The van der Waals surface area contributed by atoms with E-state index >= 15 is 0 Å². The summed E-state index contributed by atoms with van der Waals surface area (Å²) in [4.78, 5) is 1.79. The summed E-state index contributed by atoms with van der Waals surface area (Å²) >= 11 is 0. The second-order valence-electron chi connectivity index (χ2n) is 6.97. The third-order valence-corrected chi connectivity index (χ3v) is 4.68. The minimum Gasteiger partial charge on any atom is -0.389 e.